The lowest BCUT2D eigenvalue weighted by molar-refractivity contribution is -0.0964. The minimum Gasteiger partial charge on any atom is -0.388 e. The van der Waals surface area contributed by atoms with Crippen LogP contribution in [-0.4, -0.2) is 49.3 Å². The molecule has 2 fully saturated rings. The molecule has 0 saturated carbocycles. The Hall–Kier alpha value is -0.160. The Labute approximate surface area is 77.8 Å². The Morgan fingerprint density at radius 1 is 1.54 bits per heavy atom. The number of ether oxygens (including phenoxy) is 3. The minimum absolute atomic E-state index is 0.0995. The molecule has 0 radical (unpaired) electrons. The van der Waals surface area contributed by atoms with E-state index in [0.29, 0.717) is 13.2 Å². The Balaban J connectivity index is 2.17. The predicted octanol–water partition coefficient (Wildman–Crippen LogP) is -0.0599. The number of rotatable bonds is 2. The van der Waals surface area contributed by atoms with Gasteiger partial charge in [-0.3, -0.25) is 0 Å². The van der Waals surface area contributed by atoms with E-state index in [4.69, 9.17) is 14.2 Å². The Morgan fingerprint density at radius 2 is 2.31 bits per heavy atom. The van der Waals surface area contributed by atoms with Crippen molar-refractivity contribution in [2.24, 2.45) is 0 Å². The summed E-state index contributed by atoms with van der Waals surface area (Å²) in [6.45, 7) is 2.93. The fraction of sp³-hybridized carbons (Fsp3) is 1.00. The van der Waals surface area contributed by atoms with Gasteiger partial charge >= 0.3 is 0 Å². The third-order valence-corrected chi connectivity index (χ3v) is 3.17. The fourth-order valence-electron chi connectivity index (χ4n) is 2.19. The van der Waals surface area contributed by atoms with E-state index in [1.807, 2.05) is 6.92 Å². The fourth-order valence-corrected chi connectivity index (χ4v) is 2.19. The molecule has 2 aliphatic rings. The van der Waals surface area contributed by atoms with Crippen LogP contribution in [0.5, 0.6) is 0 Å². The first kappa shape index (κ1) is 9.40. The van der Waals surface area contributed by atoms with Crippen LogP contribution >= 0.6 is 0 Å². The molecule has 0 aromatic rings. The summed E-state index contributed by atoms with van der Waals surface area (Å²) in [7, 11) is 1.67. The monoisotopic (exact) mass is 188 g/mol. The largest absolute Gasteiger partial charge is 0.388 e. The second kappa shape index (κ2) is 3.20. The number of aliphatic hydroxyl groups is 1. The lowest BCUT2D eigenvalue weighted by Crippen LogP contribution is -2.44. The maximum absolute atomic E-state index is 9.52. The summed E-state index contributed by atoms with van der Waals surface area (Å²) in [5.74, 6) is 0. The topological polar surface area (TPSA) is 47.9 Å². The van der Waals surface area contributed by atoms with Crippen molar-refractivity contribution in [3.8, 4) is 0 Å². The molecule has 13 heavy (non-hydrogen) atoms. The summed E-state index contributed by atoms with van der Waals surface area (Å²) in [5.41, 5.74) is -0.345. The van der Waals surface area contributed by atoms with Crippen LogP contribution in [-0.2, 0) is 14.2 Å². The first-order chi connectivity index (χ1) is 6.23. The molecule has 0 aromatic carbocycles. The number of hydrogen-bond donors (Lipinski definition) is 1. The van der Waals surface area contributed by atoms with Crippen molar-refractivity contribution in [3.05, 3.63) is 0 Å². The lowest BCUT2D eigenvalue weighted by Gasteiger charge is -2.29. The number of hydrogen-bond acceptors (Lipinski definition) is 4. The van der Waals surface area contributed by atoms with E-state index in [2.05, 4.69) is 0 Å². The molecule has 1 N–H and O–H groups in total. The number of fused-ring (bicyclic) bond motifs is 1. The van der Waals surface area contributed by atoms with Crippen molar-refractivity contribution >= 4 is 0 Å². The van der Waals surface area contributed by atoms with Gasteiger partial charge in [0.1, 0.15) is 23.9 Å². The van der Waals surface area contributed by atoms with Gasteiger partial charge in [-0.15, -0.1) is 0 Å². The quantitative estimate of drug-likeness (QED) is 0.659. The molecule has 2 rings (SSSR count). The van der Waals surface area contributed by atoms with Crippen molar-refractivity contribution in [2.45, 2.75) is 37.3 Å². The summed E-state index contributed by atoms with van der Waals surface area (Å²) in [4.78, 5) is 0. The number of aliphatic hydroxyl groups excluding tert-OH is 1. The summed E-state index contributed by atoms with van der Waals surface area (Å²) < 4.78 is 16.4. The molecule has 0 bridgehead atoms. The molecule has 2 saturated heterocycles. The maximum Gasteiger partial charge on any atom is 0.119 e. The summed E-state index contributed by atoms with van der Waals surface area (Å²) in [5, 5.41) is 9.52. The van der Waals surface area contributed by atoms with E-state index in [1.165, 1.54) is 0 Å². The summed E-state index contributed by atoms with van der Waals surface area (Å²) in [6, 6.07) is 0. The van der Waals surface area contributed by atoms with Gasteiger partial charge in [0.05, 0.1) is 13.2 Å². The van der Waals surface area contributed by atoms with E-state index in [-0.39, 0.29) is 17.8 Å². The van der Waals surface area contributed by atoms with Crippen LogP contribution in [0.4, 0.5) is 0 Å². The SMILES string of the molecule is CC[C@]1(OC)CO[C@@H]2[C@H](O)CO[C@@H]21. The molecular formula is C9H16O4. The zero-order valence-electron chi connectivity index (χ0n) is 8.03. The van der Waals surface area contributed by atoms with Crippen molar-refractivity contribution in [3.63, 3.8) is 0 Å². The highest BCUT2D eigenvalue weighted by molar-refractivity contribution is 5.04. The van der Waals surface area contributed by atoms with E-state index in [1.54, 1.807) is 7.11 Å². The first-order valence-electron chi connectivity index (χ1n) is 4.70. The highest BCUT2D eigenvalue weighted by atomic mass is 16.6. The Bertz CT molecular complexity index is 190. The number of methoxy groups -OCH3 is 1. The van der Waals surface area contributed by atoms with Gasteiger partial charge in [0.15, 0.2) is 0 Å². The Kier molecular flexibility index (Phi) is 2.32. The maximum atomic E-state index is 9.52. The van der Waals surface area contributed by atoms with Crippen LogP contribution in [0.2, 0.25) is 0 Å². The highest BCUT2D eigenvalue weighted by Crippen LogP contribution is 2.38. The molecule has 0 amide bonds. The molecule has 0 unspecified atom stereocenters. The minimum atomic E-state index is -0.492. The molecule has 2 aliphatic heterocycles. The lowest BCUT2D eigenvalue weighted by atomic mass is 9.93. The van der Waals surface area contributed by atoms with Gasteiger partial charge < -0.3 is 19.3 Å². The van der Waals surface area contributed by atoms with Gasteiger partial charge in [0.2, 0.25) is 0 Å². The second-order valence-electron chi connectivity index (χ2n) is 3.72. The van der Waals surface area contributed by atoms with Crippen molar-refractivity contribution in [1.29, 1.82) is 0 Å². The Morgan fingerprint density at radius 3 is 2.92 bits per heavy atom. The van der Waals surface area contributed by atoms with Crippen molar-refractivity contribution < 1.29 is 19.3 Å². The van der Waals surface area contributed by atoms with E-state index >= 15 is 0 Å². The van der Waals surface area contributed by atoms with Crippen LogP contribution in [0.3, 0.4) is 0 Å². The zero-order chi connectivity index (χ0) is 9.47. The van der Waals surface area contributed by atoms with E-state index < -0.39 is 6.10 Å². The van der Waals surface area contributed by atoms with Crippen molar-refractivity contribution in [2.75, 3.05) is 20.3 Å². The standard InChI is InChI=1S/C9H16O4/c1-3-9(11-2)5-13-7-6(10)4-12-8(7)9/h6-8,10H,3-5H2,1-2H3/t6-,7-,8+,9+/m1/s1. The highest BCUT2D eigenvalue weighted by Gasteiger charge is 2.55. The van der Waals surface area contributed by atoms with Crippen LogP contribution in [0.25, 0.3) is 0 Å². The molecule has 4 nitrogen and oxygen atoms in total. The van der Waals surface area contributed by atoms with Crippen LogP contribution in [0.1, 0.15) is 13.3 Å². The van der Waals surface area contributed by atoms with Crippen molar-refractivity contribution in [1.82, 2.24) is 0 Å². The van der Waals surface area contributed by atoms with Crippen LogP contribution in [0, 0.1) is 0 Å². The van der Waals surface area contributed by atoms with E-state index in [0.717, 1.165) is 6.42 Å². The molecule has 76 valence electrons. The van der Waals surface area contributed by atoms with E-state index in [9.17, 15) is 5.11 Å². The van der Waals surface area contributed by atoms with Crippen LogP contribution in [0.15, 0.2) is 0 Å². The van der Waals surface area contributed by atoms with Crippen LogP contribution < -0.4 is 0 Å². The van der Waals surface area contributed by atoms with Gasteiger partial charge in [0, 0.05) is 7.11 Å². The third kappa shape index (κ3) is 1.21. The molecule has 4 atom stereocenters. The average Bonchev–Trinajstić information content (AvgIpc) is 2.68. The predicted molar refractivity (Wildman–Crippen MR) is 45.5 cm³/mol. The smallest absolute Gasteiger partial charge is 0.119 e. The molecule has 0 spiro atoms. The summed E-state index contributed by atoms with van der Waals surface area (Å²) >= 11 is 0. The van der Waals surface area contributed by atoms with Gasteiger partial charge in [-0.2, -0.15) is 0 Å². The average molecular weight is 188 g/mol. The molecular weight excluding hydrogens is 172 g/mol. The normalized spacial score (nSPS) is 49.6. The molecule has 4 heteroatoms. The zero-order valence-corrected chi connectivity index (χ0v) is 8.03. The van der Waals surface area contributed by atoms with Gasteiger partial charge in [-0.05, 0) is 6.42 Å². The van der Waals surface area contributed by atoms with Gasteiger partial charge in [-0.1, -0.05) is 6.92 Å². The van der Waals surface area contributed by atoms with Gasteiger partial charge in [-0.25, -0.2) is 0 Å². The third-order valence-electron chi connectivity index (χ3n) is 3.17. The molecule has 2 heterocycles. The molecule has 0 aliphatic carbocycles. The first-order valence-corrected chi connectivity index (χ1v) is 4.70. The summed E-state index contributed by atoms with van der Waals surface area (Å²) in [6.07, 6.45) is 0.0585. The molecule has 0 aromatic heterocycles. The second-order valence-corrected chi connectivity index (χ2v) is 3.72. The van der Waals surface area contributed by atoms with Gasteiger partial charge in [0.25, 0.3) is 0 Å².